The molecule has 6 rings (SSSR count). The fourth-order valence-corrected chi connectivity index (χ4v) is 5.84. The highest BCUT2D eigenvalue weighted by Gasteiger charge is 2.37. The zero-order valence-corrected chi connectivity index (χ0v) is 21.9. The van der Waals surface area contributed by atoms with Crippen molar-refractivity contribution in [2.24, 2.45) is 0 Å². The molecule has 2 aromatic carbocycles. The Morgan fingerprint density at radius 3 is 2.62 bits per heavy atom. The molecule has 0 atom stereocenters. The van der Waals surface area contributed by atoms with E-state index in [-0.39, 0.29) is 36.6 Å². The quantitative estimate of drug-likeness (QED) is 0.465. The second kappa shape index (κ2) is 10.5. The van der Waals surface area contributed by atoms with Crippen molar-refractivity contribution >= 4 is 57.4 Å². The Balaban J connectivity index is 1.19. The summed E-state index contributed by atoms with van der Waals surface area (Å²) in [5, 5.41) is 3.26. The van der Waals surface area contributed by atoms with E-state index in [9.17, 15) is 19.2 Å². The molecular formula is C28H26N4O6S. The Morgan fingerprint density at radius 1 is 0.974 bits per heavy atom. The number of ether oxygens (including phenoxy) is 2. The highest BCUT2D eigenvalue weighted by atomic mass is 32.2. The number of fused-ring (bicyclic) bond motifs is 2. The number of carbonyl (C=O) groups excluding carboxylic acids is 4. The molecule has 0 bridgehead atoms. The highest BCUT2D eigenvalue weighted by molar-refractivity contribution is 8.18. The molecule has 0 spiro atoms. The van der Waals surface area contributed by atoms with Gasteiger partial charge in [0, 0.05) is 47.5 Å². The summed E-state index contributed by atoms with van der Waals surface area (Å²) in [7, 11) is 0. The van der Waals surface area contributed by atoms with Gasteiger partial charge in [-0.25, -0.2) is 0 Å². The molecule has 200 valence electrons. The van der Waals surface area contributed by atoms with E-state index in [4.69, 9.17) is 9.47 Å². The number of hydrogen-bond acceptors (Lipinski definition) is 7. The first-order valence-electron chi connectivity index (χ1n) is 12.8. The number of para-hydroxylation sites is 1. The Hall–Kier alpha value is -4.25. The maximum atomic E-state index is 13.1. The van der Waals surface area contributed by atoms with Crippen LogP contribution in [0.25, 0.3) is 17.0 Å². The van der Waals surface area contributed by atoms with Gasteiger partial charge in [0.25, 0.3) is 11.1 Å². The lowest BCUT2D eigenvalue weighted by molar-refractivity contribution is -0.136. The van der Waals surface area contributed by atoms with E-state index < -0.39 is 11.1 Å². The molecule has 10 nitrogen and oxygen atoms in total. The monoisotopic (exact) mass is 546 g/mol. The molecule has 3 aliphatic heterocycles. The normalized spacial score (nSPS) is 17.9. The Morgan fingerprint density at radius 2 is 1.77 bits per heavy atom. The summed E-state index contributed by atoms with van der Waals surface area (Å²) in [4.78, 5) is 54.3. The van der Waals surface area contributed by atoms with Gasteiger partial charge in [-0.3, -0.25) is 24.1 Å². The number of nitrogens with one attached hydrogen (secondary N) is 1. The molecule has 2 fully saturated rings. The van der Waals surface area contributed by atoms with Crippen LogP contribution < -0.4 is 14.8 Å². The molecule has 1 N–H and O–H groups in total. The van der Waals surface area contributed by atoms with Crippen molar-refractivity contribution in [1.29, 1.82) is 0 Å². The third-order valence-electron chi connectivity index (χ3n) is 6.95. The molecule has 0 aliphatic carbocycles. The maximum Gasteiger partial charge on any atom is 0.294 e. The van der Waals surface area contributed by atoms with Crippen molar-refractivity contribution in [3.8, 4) is 11.5 Å². The summed E-state index contributed by atoms with van der Waals surface area (Å²) in [6.07, 6.45) is 6.40. The summed E-state index contributed by atoms with van der Waals surface area (Å²) in [5.74, 6) is 0.288. The zero-order valence-electron chi connectivity index (χ0n) is 21.1. The Kier molecular flexibility index (Phi) is 6.74. The number of amides is 4. The van der Waals surface area contributed by atoms with E-state index in [1.54, 1.807) is 39.9 Å². The third kappa shape index (κ3) is 5.09. The van der Waals surface area contributed by atoms with Crippen LogP contribution in [0.1, 0.15) is 24.8 Å². The number of rotatable bonds is 6. The van der Waals surface area contributed by atoms with Gasteiger partial charge >= 0.3 is 0 Å². The van der Waals surface area contributed by atoms with E-state index in [0.29, 0.717) is 35.8 Å². The van der Waals surface area contributed by atoms with E-state index in [0.717, 1.165) is 46.8 Å². The van der Waals surface area contributed by atoms with E-state index >= 15 is 0 Å². The number of likely N-dealkylation sites (tertiary alicyclic amines) is 1. The summed E-state index contributed by atoms with van der Waals surface area (Å²) in [5.41, 5.74) is 2.10. The van der Waals surface area contributed by atoms with Crippen LogP contribution in [0, 0.1) is 0 Å². The number of piperidine rings is 1. The lowest BCUT2D eigenvalue weighted by Gasteiger charge is -2.27. The van der Waals surface area contributed by atoms with Gasteiger partial charge in [-0.15, -0.1) is 0 Å². The molecule has 39 heavy (non-hydrogen) atoms. The zero-order chi connectivity index (χ0) is 26.9. The number of anilines is 1. The molecule has 3 aliphatic rings. The van der Waals surface area contributed by atoms with Crippen LogP contribution in [0.5, 0.6) is 11.5 Å². The molecule has 2 saturated heterocycles. The minimum absolute atomic E-state index is 0.0363. The van der Waals surface area contributed by atoms with Gasteiger partial charge < -0.3 is 24.3 Å². The van der Waals surface area contributed by atoms with Gasteiger partial charge in [-0.1, -0.05) is 18.2 Å². The number of aromatic nitrogens is 1. The van der Waals surface area contributed by atoms with Crippen molar-refractivity contribution < 1.29 is 28.7 Å². The minimum atomic E-state index is -0.479. The number of carbonyl (C=O) groups is 4. The largest absolute Gasteiger partial charge is 0.454 e. The average Bonchev–Trinajstić information content (AvgIpc) is 3.62. The molecule has 1 aromatic heterocycles. The van der Waals surface area contributed by atoms with Crippen molar-refractivity contribution in [3.05, 3.63) is 59.1 Å². The molecule has 4 heterocycles. The van der Waals surface area contributed by atoms with Gasteiger partial charge in [0.15, 0.2) is 11.5 Å². The second-order valence-corrected chi connectivity index (χ2v) is 10.5. The predicted octanol–water partition coefficient (Wildman–Crippen LogP) is 4.06. The number of thioether (sulfide) groups is 1. The molecule has 11 heteroatoms. The van der Waals surface area contributed by atoms with Gasteiger partial charge in [-0.2, -0.15) is 0 Å². The minimum Gasteiger partial charge on any atom is -0.454 e. The van der Waals surface area contributed by atoms with Gasteiger partial charge in [-0.05, 0) is 55.3 Å². The predicted molar refractivity (Wildman–Crippen MR) is 146 cm³/mol. The number of nitrogens with zero attached hydrogens (tertiary/aromatic N) is 3. The lowest BCUT2D eigenvalue weighted by Crippen LogP contribution is -2.44. The molecular weight excluding hydrogens is 520 g/mol. The topological polar surface area (TPSA) is 110 Å². The molecule has 0 radical (unpaired) electrons. The summed E-state index contributed by atoms with van der Waals surface area (Å²) < 4.78 is 12.5. The second-order valence-electron chi connectivity index (χ2n) is 9.56. The van der Waals surface area contributed by atoms with Crippen molar-refractivity contribution in [2.45, 2.75) is 25.8 Å². The van der Waals surface area contributed by atoms with E-state index in [1.807, 2.05) is 24.3 Å². The fraction of sp³-hybridized carbons (Fsp3) is 0.286. The van der Waals surface area contributed by atoms with Crippen LogP contribution in [-0.4, -0.2) is 63.8 Å². The van der Waals surface area contributed by atoms with E-state index in [2.05, 4.69) is 5.32 Å². The van der Waals surface area contributed by atoms with Gasteiger partial charge in [0.05, 0.1) is 4.91 Å². The summed E-state index contributed by atoms with van der Waals surface area (Å²) >= 11 is 0.826. The number of imide groups is 1. The van der Waals surface area contributed by atoms with E-state index in [1.165, 1.54) is 0 Å². The lowest BCUT2D eigenvalue weighted by atomic mass is 10.1. The molecule has 4 amide bonds. The van der Waals surface area contributed by atoms with Crippen LogP contribution in [0.2, 0.25) is 0 Å². The molecule has 0 saturated carbocycles. The Bertz CT molecular complexity index is 1520. The SMILES string of the molecule is O=C(Cn1cc(/C=C2/SC(=O)N(CC(=O)N3CCCCC3)C2=O)c2ccccc21)Nc1ccc2c(c1)OCO2. The average molecular weight is 547 g/mol. The van der Waals surface area contributed by atoms with Crippen LogP contribution in [0.15, 0.2) is 53.6 Å². The number of benzene rings is 2. The van der Waals surface area contributed by atoms with Crippen LogP contribution in [0.4, 0.5) is 10.5 Å². The molecule has 0 unspecified atom stereocenters. The van der Waals surface area contributed by atoms with Crippen LogP contribution in [-0.2, 0) is 20.9 Å². The Labute approximate surface area is 228 Å². The fourth-order valence-electron chi connectivity index (χ4n) is 5.01. The van der Waals surface area contributed by atoms with Gasteiger partial charge in [0.1, 0.15) is 13.1 Å². The first-order chi connectivity index (χ1) is 19.0. The first kappa shape index (κ1) is 25.1. The third-order valence-corrected chi connectivity index (χ3v) is 7.86. The summed E-state index contributed by atoms with van der Waals surface area (Å²) in [6.45, 7) is 1.26. The number of hydrogen-bond donors (Lipinski definition) is 1. The smallest absolute Gasteiger partial charge is 0.294 e. The van der Waals surface area contributed by atoms with Crippen molar-refractivity contribution in [3.63, 3.8) is 0 Å². The van der Waals surface area contributed by atoms with Crippen LogP contribution >= 0.6 is 11.8 Å². The van der Waals surface area contributed by atoms with Crippen molar-refractivity contribution in [1.82, 2.24) is 14.4 Å². The standard InChI is InChI=1S/C28H26N4O6S/c33-25(29-19-8-9-22-23(13-19)38-17-37-22)15-31-14-18(20-6-2-3-7-21(20)31)12-24-27(35)32(28(36)39-24)16-26(34)30-10-4-1-5-11-30/h2-3,6-9,12-14H,1,4-5,10-11,15-17H2,(H,29,33)/b24-12+. The maximum absolute atomic E-state index is 13.1. The van der Waals surface area contributed by atoms with Crippen molar-refractivity contribution in [2.75, 3.05) is 31.7 Å². The van der Waals surface area contributed by atoms with Crippen LogP contribution in [0.3, 0.4) is 0 Å². The molecule has 3 aromatic rings. The highest BCUT2D eigenvalue weighted by Crippen LogP contribution is 2.35. The summed E-state index contributed by atoms with van der Waals surface area (Å²) in [6, 6.07) is 12.7. The van der Waals surface area contributed by atoms with Gasteiger partial charge in [0.2, 0.25) is 18.6 Å². The first-order valence-corrected chi connectivity index (χ1v) is 13.6.